The minimum absolute atomic E-state index is 0.0132. The zero-order chi connectivity index (χ0) is 29.9. The number of hydrogen-bond acceptors (Lipinski definition) is 9. The predicted molar refractivity (Wildman–Crippen MR) is 157 cm³/mol. The molecule has 14 heteroatoms. The largest absolute Gasteiger partial charge is 0.494 e. The van der Waals surface area contributed by atoms with Crippen LogP contribution in [0.25, 0.3) is 22.8 Å². The minimum Gasteiger partial charge on any atom is -0.494 e. The number of allylic oxidation sites excluding steroid dienone is 2. The van der Waals surface area contributed by atoms with E-state index in [1.807, 2.05) is 0 Å². The maximum absolute atomic E-state index is 14.4. The third-order valence-electron chi connectivity index (χ3n) is 6.46. The van der Waals surface area contributed by atoms with Gasteiger partial charge < -0.3 is 13.9 Å². The SMILES string of the molecule is COc1cccc(OC)c1-n1c(-c2ccco2)nnc1N(CC[Si](C)(C)C)S(=O)(=O)C(C)=C(C)c1ncc(F)cn1. The van der Waals surface area contributed by atoms with Crippen molar-refractivity contribution in [1.29, 1.82) is 0 Å². The summed E-state index contributed by atoms with van der Waals surface area (Å²) in [4.78, 5) is 7.95. The van der Waals surface area contributed by atoms with Gasteiger partial charge in [0.25, 0.3) is 10.0 Å². The first-order chi connectivity index (χ1) is 19.4. The number of rotatable bonds is 11. The summed E-state index contributed by atoms with van der Waals surface area (Å²) in [5.74, 6) is 0.922. The molecule has 4 aromatic rings. The van der Waals surface area contributed by atoms with Gasteiger partial charge in [-0.2, -0.15) is 0 Å². The fourth-order valence-electron chi connectivity index (χ4n) is 4.05. The van der Waals surface area contributed by atoms with Gasteiger partial charge in [-0.05, 0) is 44.2 Å². The first-order valence-electron chi connectivity index (χ1n) is 12.8. The quantitative estimate of drug-likeness (QED) is 0.208. The van der Waals surface area contributed by atoms with Gasteiger partial charge in [0.2, 0.25) is 11.8 Å². The molecule has 41 heavy (non-hydrogen) atoms. The highest BCUT2D eigenvalue weighted by atomic mass is 32.2. The summed E-state index contributed by atoms with van der Waals surface area (Å²) >= 11 is 0. The second-order valence-electron chi connectivity index (χ2n) is 10.4. The normalized spacial score (nSPS) is 12.7. The number of methoxy groups -OCH3 is 2. The molecule has 218 valence electrons. The molecule has 0 aliphatic rings. The molecule has 3 heterocycles. The van der Waals surface area contributed by atoms with Gasteiger partial charge in [-0.25, -0.2) is 27.1 Å². The van der Waals surface area contributed by atoms with Gasteiger partial charge in [0.15, 0.2) is 17.4 Å². The van der Waals surface area contributed by atoms with Crippen LogP contribution in [0.1, 0.15) is 19.7 Å². The second-order valence-corrected chi connectivity index (χ2v) is 18.1. The first kappa shape index (κ1) is 29.9. The zero-order valence-corrected chi connectivity index (χ0v) is 25.9. The van der Waals surface area contributed by atoms with E-state index >= 15 is 0 Å². The van der Waals surface area contributed by atoms with Crippen LogP contribution in [0.3, 0.4) is 0 Å². The highest BCUT2D eigenvalue weighted by Crippen LogP contribution is 2.40. The molecular weight excluding hydrogens is 567 g/mol. The number of aromatic nitrogens is 5. The first-order valence-corrected chi connectivity index (χ1v) is 17.9. The molecule has 0 aliphatic carbocycles. The number of nitrogens with zero attached hydrogens (tertiary/aromatic N) is 6. The average molecular weight is 601 g/mol. The van der Waals surface area contributed by atoms with Crippen LogP contribution in [0.2, 0.25) is 25.7 Å². The number of para-hydroxylation sites is 1. The number of halogens is 1. The molecule has 0 bridgehead atoms. The molecule has 0 saturated heterocycles. The van der Waals surface area contributed by atoms with E-state index in [9.17, 15) is 12.8 Å². The summed E-state index contributed by atoms with van der Waals surface area (Å²) < 4.78 is 62.1. The predicted octanol–water partition coefficient (Wildman–Crippen LogP) is 5.40. The molecule has 0 fully saturated rings. The molecular formula is C27H33FN6O5SSi. The van der Waals surface area contributed by atoms with Gasteiger partial charge >= 0.3 is 0 Å². The van der Waals surface area contributed by atoms with Crippen molar-refractivity contribution in [3.8, 4) is 28.8 Å². The van der Waals surface area contributed by atoms with Crippen molar-refractivity contribution in [3.63, 3.8) is 0 Å². The van der Waals surface area contributed by atoms with Gasteiger partial charge in [0, 0.05) is 20.2 Å². The molecule has 0 N–H and O–H groups in total. The van der Waals surface area contributed by atoms with E-state index < -0.39 is 23.9 Å². The van der Waals surface area contributed by atoms with Crippen molar-refractivity contribution < 1.29 is 26.7 Å². The second kappa shape index (κ2) is 11.8. The van der Waals surface area contributed by atoms with Gasteiger partial charge in [0.05, 0.1) is 37.8 Å². The van der Waals surface area contributed by atoms with E-state index in [4.69, 9.17) is 13.9 Å². The monoisotopic (exact) mass is 600 g/mol. The Labute approximate surface area is 239 Å². The van der Waals surface area contributed by atoms with Crippen LogP contribution in [0, 0.1) is 5.82 Å². The van der Waals surface area contributed by atoms with Gasteiger partial charge in [-0.3, -0.25) is 4.57 Å². The van der Waals surface area contributed by atoms with E-state index in [-0.39, 0.29) is 34.6 Å². The van der Waals surface area contributed by atoms with Crippen molar-refractivity contribution >= 4 is 29.6 Å². The van der Waals surface area contributed by atoms with Crippen LogP contribution in [-0.4, -0.2) is 62.0 Å². The number of sulfonamides is 1. The van der Waals surface area contributed by atoms with Crippen molar-refractivity contribution in [2.75, 3.05) is 25.1 Å². The van der Waals surface area contributed by atoms with Crippen molar-refractivity contribution in [3.05, 3.63) is 65.5 Å². The Bertz CT molecular complexity index is 1630. The van der Waals surface area contributed by atoms with Gasteiger partial charge in [-0.15, -0.1) is 10.2 Å². The Morgan fingerprint density at radius 1 is 1.02 bits per heavy atom. The molecule has 0 saturated carbocycles. The third kappa shape index (κ3) is 6.17. The summed E-state index contributed by atoms with van der Waals surface area (Å²) in [5.41, 5.74) is 0.674. The van der Waals surface area contributed by atoms with E-state index in [0.29, 0.717) is 29.0 Å². The maximum Gasteiger partial charge on any atom is 0.262 e. The lowest BCUT2D eigenvalue weighted by Gasteiger charge is -2.28. The molecule has 0 atom stereocenters. The van der Waals surface area contributed by atoms with Gasteiger partial charge in [0.1, 0.15) is 17.2 Å². The molecule has 4 rings (SSSR count). The van der Waals surface area contributed by atoms with Crippen LogP contribution >= 0.6 is 0 Å². The summed E-state index contributed by atoms with van der Waals surface area (Å²) in [6.07, 6.45) is 3.48. The number of benzene rings is 1. The minimum atomic E-state index is -4.23. The average Bonchev–Trinajstić information content (AvgIpc) is 3.62. The van der Waals surface area contributed by atoms with E-state index in [2.05, 4.69) is 39.8 Å². The maximum atomic E-state index is 14.4. The lowest BCUT2D eigenvalue weighted by Crippen LogP contribution is -2.38. The molecule has 0 amide bonds. The highest BCUT2D eigenvalue weighted by molar-refractivity contribution is 7.96. The molecule has 1 aromatic carbocycles. The summed E-state index contributed by atoms with van der Waals surface area (Å²) in [6.45, 7) is 9.64. The lowest BCUT2D eigenvalue weighted by molar-refractivity contribution is 0.391. The molecule has 0 aliphatic heterocycles. The topological polar surface area (TPSA) is 125 Å². The van der Waals surface area contributed by atoms with Gasteiger partial charge in [-0.1, -0.05) is 25.7 Å². The Kier molecular flexibility index (Phi) is 8.63. The summed E-state index contributed by atoms with van der Waals surface area (Å²) in [7, 11) is -2.97. The van der Waals surface area contributed by atoms with Crippen molar-refractivity contribution in [1.82, 2.24) is 24.7 Å². The van der Waals surface area contributed by atoms with Crippen LogP contribution < -0.4 is 13.8 Å². The summed E-state index contributed by atoms with van der Waals surface area (Å²) in [6, 6.07) is 9.25. The van der Waals surface area contributed by atoms with Crippen LogP contribution in [-0.2, 0) is 10.0 Å². The van der Waals surface area contributed by atoms with E-state index in [1.54, 1.807) is 41.8 Å². The Balaban J connectivity index is 2.01. The number of hydrogen-bond donors (Lipinski definition) is 0. The Morgan fingerprint density at radius 2 is 1.66 bits per heavy atom. The zero-order valence-electron chi connectivity index (χ0n) is 24.0. The third-order valence-corrected chi connectivity index (χ3v) is 10.2. The number of anilines is 1. The van der Waals surface area contributed by atoms with Crippen LogP contribution in [0.4, 0.5) is 10.3 Å². The highest BCUT2D eigenvalue weighted by Gasteiger charge is 2.35. The Hall–Kier alpha value is -4.04. The molecule has 0 unspecified atom stereocenters. The molecule has 0 radical (unpaired) electrons. The molecule has 0 spiro atoms. The Morgan fingerprint density at radius 3 is 2.20 bits per heavy atom. The fourth-order valence-corrected chi connectivity index (χ4v) is 6.58. The van der Waals surface area contributed by atoms with Crippen LogP contribution in [0.5, 0.6) is 11.5 Å². The smallest absolute Gasteiger partial charge is 0.262 e. The van der Waals surface area contributed by atoms with Crippen LogP contribution in [0.15, 0.2) is 58.3 Å². The fraction of sp³-hybridized carbons (Fsp3) is 0.333. The number of furan rings is 1. The molecule has 3 aromatic heterocycles. The van der Waals surface area contributed by atoms with E-state index in [0.717, 1.165) is 12.4 Å². The van der Waals surface area contributed by atoms with Crippen molar-refractivity contribution in [2.24, 2.45) is 0 Å². The standard InChI is InChI=1S/C27H33FN6O5SSi/c1-18(25-29-16-20(28)17-30-25)19(2)40(35,36)33(13-15-41(5,6)7)27-32-31-26(23-12-9-14-39-23)34(27)24-21(37-3)10-8-11-22(24)38-4/h8-12,14,16-17H,13,15H2,1-7H3. The molecule has 11 nitrogen and oxygen atoms in total. The lowest BCUT2D eigenvalue weighted by atomic mass is 10.2. The number of ether oxygens (including phenoxy) is 2. The van der Waals surface area contributed by atoms with E-state index in [1.165, 1.54) is 31.7 Å². The van der Waals surface area contributed by atoms with Crippen molar-refractivity contribution in [2.45, 2.75) is 39.5 Å². The summed E-state index contributed by atoms with van der Waals surface area (Å²) in [5, 5.41) is 8.76.